The van der Waals surface area contributed by atoms with Crippen LogP contribution in [-0.4, -0.2) is 40.0 Å². The zero-order valence-electron chi connectivity index (χ0n) is 11.1. The highest BCUT2D eigenvalue weighted by Gasteiger charge is 2.18. The summed E-state index contributed by atoms with van der Waals surface area (Å²) in [7, 11) is 0. The van der Waals surface area contributed by atoms with Crippen molar-refractivity contribution in [3.8, 4) is 0 Å². The maximum Gasteiger partial charge on any atom is 0.137 e. The molecule has 96 valence electrons. The van der Waals surface area contributed by atoms with Gasteiger partial charge in [0.15, 0.2) is 0 Å². The molecule has 0 aliphatic carbocycles. The quantitative estimate of drug-likeness (QED) is 0.867. The third-order valence-electron chi connectivity index (χ3n) is 3.66. The SMILES string of the molecule is Cc1nc2ccccn2c1CN1CCN[C@@H](C)C1. The first-order valence-corrected chi connectivity index (χ1v) is 6.62. The summed E-state index contributed by atoms with van der Waals surface area (Å²) in [6, 6.07) is 6.76. The van der Waals surface area contributed by atoms with Gasteiger partial charge in [-0.3, -0.25) is 4.90 Å². The van der Waals surface area contributed by atoms with Gasteiger partial charge in [0.25, 0.3) is 0 Å². The fourth-order valence-corrected chi connectivity index (χ4v) is 2.72. The first-order chi connectivity index (χ1) is 8.74. The number of hydrogen-bond acceptors (Lipinski definition) is 3. The van der Waals surface area contributed by atoms with Gasteiger partial charge in [-0.1, -0.05) is 6.07 Å². The average molecular weight is 244 g/mol. The third kappa shape index (κ3) is 2.13. The Kier molecular flexibility index (Phi) is 3.06. The molecular weight excluding hydrogens is 224 g/mol. The van der Waals surface area contributed by atoms with E-state index in [9.17, 15) is 0 Å². The maximum absolute atomic E-state index is 4.62. The Morgan fingerprint density at radius 2 is 2.33 bits per heavy atom. The second kappa shape index (κ2) is 4.71. The van der Waals surface area contributed by atoms with Crippen LogP contribution in [0.1, 0.15) is 18.3 Å². The van der Waals surface area contributed by atoms with E-state index >= 15 is 0 Å². The van der Waals surface area contributed by atoms with Crippen LogP contribution in [0.15, 0.2) is 24.4 Å². The fourth-order valence-electron chi connectivity index (χ4n) is 2.72. The summed E-state index contributed by atoms with van der Waals surface area (Å²) in [6.45, 7) is 8.64. The van der Waals surface area contributed by atoms with Gasteiger partial charge in [0.05, 0.1) is 11.4 Å². The first kappa shape index (κ1) is 11.7. The highest BCUT2D eigenvalue weighted by molar-refractivity contribution is 5.42. The van der Waals surface area contributed by atoms with Gasteiger partial charge in [0, 0.05) is 38.4 Å². The van der Waals surface area contributed by atoms with E-state index in [1.165, 1.54) is 5.69 Å². The third-order valence-corrected chi connectivity index (χ3v) is 3.66. The number of aryl methyl sites for hydroxylation is 1. The standard InChI is InChI=1S/C14H20N4/c1-11-9-17(8-6-15-11)10-13-12(2)16-14-5-3-4-7-18(13)14/h3-5,7,11,15H,6,8-10H2,1-2H3/t11-/m0/s1. The van der Waals surface area contributed by atoms with Gasteiger partial charge >= 0.3 is 0 Å². The monoisotopic (exact) mass is 244 g/mol. The minimum Gasteiger partial charge on any atom is -0.312 e. The van der Waals surface area contributed by atoms with Gasteiger partial charge in [-0.05, 0) is 26.0 Å². The molecule has 1 aliphatic rings. The average Bonchev–Trinajstić information content (AvgIpc) is 2.66. The molecule has 0 bridgehead atoms. The molecule has 3 rings (SSSR count). The Morgan fingerprint density at radius 1 is 1.44 bits per heavy atom. The number of fused-ring (bicyclic) bond motifs is 1. The van der Waals surface area contributed by atoms with Gasteiger partial charge in [-0.2, -0.15) is 0 Å². The van der Waals surface area contributed by atoms with Crippen LogP contribution >= 0.6 is 0 Å². The predicted molar refractivity (Wildman–Crippen MR) is 72.7 cm³/mol. The lowest BCUT2D eigenvalue weighted by molar-refractivity contribution is 0.197. The van der Waals surface area contributed by atoms with Gasteiger partial charge < -0.3 is 9.72 Å². The number of hydrogen-bond donors (Lipinski definition) is 1. The molecule has 1 aliphatic heterocycles. The smallest absolute Gasteiger partial charge is 0.137 e. The lowest BCUT2D eigenvalue weighted by atomic mass is 10.2. The maximum atomic E-state index is 4.62. The topological polar surface area (TPSA) is 32.6 Å². The Morgan fingerprint density at radius 3 is 3.17 bits per heavy atom. The van der Waals surface area contributed by atoms with Crippen molar-refractivity contribution in [3.05, 3.63) is 35.8 Å². The second-order valence-corrected chi connectivity index (χ2v) is 5.16. The summed E-state index contributed by atoms with van der Waals surface area (Å²) in [4.78, 5) is 7.12. The molecule has 2 aromatic rings. The van der Waals surface area contributed by atoms with E-state index in [1.54, 1.807) is 0 Å². The van der Waals surface area contributed by atoms with Crippen LogP contribution in [0.2, 0.25) is 0 Å². The van der Waals surface area contributed by atoms with Crippen LogP contribution in [0.25, 0.3) is 5.65 Å². The zero-order valence-corrected chi connectivity index (χ0v) is 11.1. The molecule has 0 radical (unpaired) electrons. The van der Waals surface area contributed by atoms with Gasteiger partial charge in [-0.15, -0.1) is 0 Å². The van der Waals surface area contributed by atoms with E-state index in [0.29, 0.717) is 6.04 Å². The van der Waals surface area contributed by atoms with Gasteiger partial charge in [0.1, 0.15) is 5.65 Å². The highest BCUT2D eigenvalue weighted by atomic mass is 15.2. The molecule has 0 aromatic carbocycles. The molecule has 4 heteroatoms. The van der Waals surface area contributed by atoms with Crippen molar-refractivity contribution in [2.24, 2.45) is 0 Å². The first-order valence-electron chi connectivity index (χ1n) is 6.62. The van der Waals surface area contributed by atoms with Crippen molar-refractivity contribution >= 4 is 5.65 Å². The van der Waals surface area contributed by atoms with Crippen LogP contribution in [0.4, 0.5) is 0 Å². The molecular formula is C14H20N4. The summed E-state index contributed by atoms with van der Waals surface area (Å²) in [5.74, 6) is 0. The number of aromatic nitrogens is 2. The number of nitrogens with one attached hydrogen (secondary N) is 1. The fraction of sp³-hybridized carbons (Fsp3) is 0.500. The highest BCUT2D eigenvalue weighted by Crippen LogP contribution is 2.15. The molecule has 3 heterocycles. The summed E-state index contributed by atoms with van der Waals surface area (Å²) in [5, 5.41) is 3.48. The predicted octanol–water partition coefficient (Wildman–Crippen LogP) is 1.44. The molecule has 1 atom stereocenters. The molecule has 2 aromatic heterocycles. The number of imidazole rings is 1. The van der Waals surface area contributed by atoms with Crippen LogP contribution in [0, 0.1) is 6.92 Å². The number of rotatable bonds is 2. The van der Waals surface area contributed by atoms with E-state index in [2.05, 4.69) is 51.8 Å². The molecule has 0 unspecified atom stereocenters. The molecule has 0 spiro atoms. The van der Waals surface area contributed by atoms with E-state index in [1.807, 2.05) is 6.07 Å². The van der Waals surface area contributed by atoms with Crippen molar-refractivity contribution in [2.75, 3.05) is 19.6 Å². The molecule has 1 N–H and O–H groups in total. The number of pyridine rings is 1. The lowest BCUT2D eigenvalue weighted by Crippen LogP contribution is -2.48. The largest absolute Gasteiger partial charge is 0.312 e. The summed E-state index contributed by atoms with van der Waals surface area (Å²) >= 11 is 0. The Hall–Kier alpha value is -1.39. The normalized spacial score (nSPS) is 21.6. The Labute approximate surface area is 108 Å². The lowest BCUT2D eigenvalue weighted by Gasteiger charge is -2.31. The number of piperazine rings is 1. The van der Waals surface area contributed by atoms with Crippen LogP contribution in [0.5, 0.6) is 0 Å². The molecule has 1 fully saturated rings. The van der Waals surface area contributed by atoms with Crippen LogP contribution in [-0.2, 0) is 6.54 Å². The number of nitrogens with zero attached hydrogens (tertiary/aromatic N) is 3. The summed E-state index contributed by atoms with van der Waals surface area (Å²) in [5.41, 5.74) is 3.51. The molecule has 0 saturated carbocycles. The van der Waals surface area contributed by atoms with Crippen LogP contribution in [0.3, 0.4) is 0 Å². The van der Waals surface area contributed by atoms with E-state index in [-0.39, 0.29) is 0 Å². The second-order valence-electron chi connectivity index (χ2n) is 5.16. The van der Waals surface area contributed by atoms with Crippen molar-refractivity contribution in [2.45, 2.75) is 26.4 Å². The molecule has 0 amide bonds. The summed E-state index contributed by atoms with van der Waals surface area (Å²) in [6.07, 6.45) is 2.11. The van der Waals surface area contributed by atoms with Gasteiger partial charge in [0.2, 0.25) is 0 Å². The van der Waals surface area contributed by atoms with E-state index in [0.717, 1.165) is 37.5 Å². The Bertz CT molecular complexity index is 546. The van der Waals surface area contributed by atoms with E-state index in [4.69, 9.17) is 0 Å². The van der Waals surface area contributed by atoms with E-state index < -0.39 is 0 Å². The van der Waals surface area contributed by atoms with Crippen molar-refractivity contribution in [1.29, 1.82) is 0 Å². The molecule has 1 saturated heterocycles. The zero-order chi connectivity index (χ0) is 12.5. The summed E-state index contributed by atoms with van der Waals surface area (Å²) < 4.78 is 2.21. The van der Waals surface area contributed by atoms with Gasteiger partial charge in [-0.25, -0.2) is 4.98 Å². The Balaban J connectivity index is 1.87. The van der Waals surface area contributed by atoms with Crippen LogP contribution < -0.4 is 5.32 Å². The van der Waals surface area contributed by atoms with Crippen molar-refractivity contribution in [1.82, 2.24) is 19.6 Å². The van der Waals surface area contributed by atoms with Crippen molar-refractivity contribution < 1.29 is 0 Å². The van der Waals surface area contributed by atoms with Crippen molar-refractivity contribution in [3.63, 3.8) is 0 Å². The molecule has 4 nitrogen and oxygen atoms in total. The minimum absolute atomic E-state index is 0.582. The molecule has 18 heavy (non-hydrogen) atoms. The minimum atomic E-state index is 0.582.